The molecule has 0 atom stereocenters. The number of amides is 2. The van der Waals surface area contributed by atoms with Crippen molar-refractivity contribution in [2.75, 3.05) is 12.4 Å². The van der Waals surface area contributed by atoms with E-state index in [0.29, 0.717) is 13.2 Å². The number of hydrogen-bond acceptors (Lipinski definition) is 2. The predicted octanol–water partition coefficient (Wildman–Crippen LogP) is 4.31. The zero-order chi connectivity index (χ0) is 16.8. The number of ether oxygens (including phenoxy) is 1. The van der Waals surface area contributed by atoms with Crippen LogP contribution in [0, 0.1) is 0 Å². The minimum Gasteiger partial charge on any atom is -0.380 e. The Bertz CT molecular complexity index is 846. The molecule has 0 unspecified atom stereocenters. The van der Waals surface area contributed by atoms with Gasteiger partial charge in [-0.3, -0.25) is 0 Å². The summed E-state index contributed by atoms with van der Waals surface area (Å²) in [6.45, 7) is 0.989. The molecule has 3 aromatic rings. The molecule has 3 rings (SSSR count). The van der Waals surface area contributed by atoms with Gasteiger partial charge in [0.05, 0.1) is 6.61 Å². The second-order valence-corrected chi connectivity index (χ2v) is 5.57. The van der Waals surface area contributed by atoms with E-state index in [4.69, 9.17) is 4.74 Å². The number of nitrogens with one attached hydrogen (secondary N) is 2. The summed E-state index contributed by atoms with van der Waals surface area (Å²) in [4.78, 5) is 12.1. The van der Waals surface area contributed by atoms with Crippen LogP contribution in [0.4, 0.5) is 10.5 Å². The van der Waals surface area contributed by atoms with Crippen LogP contribution in [0.2, 0.25) is 0 Å². The van der Waals surface area contributed by atoms with Gasteiger partial charge in [0.15, 0.2) is 0 Å². The third-order valence-corrected chi connectivity index (χ3v) is 3.86. The highest BCUT2D eigenvalue weighted by molar-refractivity contribution is 5.93. The Kier molecular flexibility index (Phi) is 5.08. The van der Waals surface area contributed by atoms with E-state index in [0.717, 1.165) is 27.6 Å². The Labute approximate surface area is 141 Å². The second-order valence-electron chi connectivity index (χ2n) is 5.57. The van der Waals surface area contributed by atoms with E-state index in [2.05, 4.69) is 10.6 Å². The monoisotopic (exact) mass is 320 g/mol. The molecule has 2 N–H and O–H groups in total. The van der Waals surface area contributed by atoms with Crippen LogP contribution >= 0.6 is 0 Å². The fourth-order valence-corrected chi connectivity index (χ4v) is 2.64. The van der Waals surface area contributed by atoms with Gasteiger partial charge in [0.1, 0.15) is 0 Å². The van der Waals surface area contributed by atoms with Crippen LogP contribution in [0.5, 0.6) is 0 Å². The zero-order valence-electron chi connectivity index (χ0n) is 13.6. The van der Waals surface area contributed by atoms with E-state index in [9.17, 15) is 4.79 Å². The van der Waals surface area contributed by atoms with Gasteiger partial charge in [-0.15, -0.1) is 0 Å². The number of fused-ring (bicyclic) bond motifs is 1. The van der Waals surface area contributed by atoms with Crippen LogP contribution in [-0.4, -0.2) is 13.1 Å². The van der Waals surface area contributed by atoms with Gasteiger partial charge in [0.25, 0.3) is 0 Å². The van der Waals surface area contributed by atoms with Gasteiger partial charge in [-0.2, -0.15) is 0 Å². The fourth-order valence-electron chi connectivity index (χ4n) is 2.64. The quantitative estimate of drug-likeness (QED) is 0.736. The molecule has 0 spiro atoms. The standard InChI is InChI=1S/C20H20N2O2/c1-24-14-18-9-5-4-8-17(18)13-21-20(23)22-19-11-10-15-6-2-3-7-16(15)12-19/h2-12H,13-14H2,1H3,(H2,21,22,23). The van der Waals surface area contributed by atoms with E-state index in [1.807, 2.05) is 66.7 Å². The molecular weight excluding hydrogens is 300 g/mol. The minimum atomic E-state index is -0.225. The number of benzene rings is 3. The highest BCUT2D eigenvalue weighted by atomic mass is 16.5. The number of hydrogen-bond donors (Lipinski definition) is 2. The fraction of sp³-hybridized carbons (Fsp3) is 0.150. The Balaban J connectivity index is 1.63. The lowest BCUT2D eigenvalue weighted by Crippen LogP contribution is -2.28. The summed E-state index contributed by atoms with van der Waals surface area (Å²) >= 11 is 0. The van der Waals surface area contributed by atoms with Gasteiger partial charge in [-0.05, 0) is 34.0 Å². The first kappa shape index (κ1) is 16.0. The molecular formula is C20H20N2O2. The summed E-state index contributed by atoms with van der Waals surface area (Å²) in [6, 6.07) is 21.6. The van der Waals surface area contributed by atoms with Crippen LogP contribution in [0.1, 0.15) is 11.1 Å². The van der Waals surface area contributed by atoms with Crippen molar-refractivity contribution in [1.82, 2.24) is 5.32 Å². The molecule has 0 aliphatic heterocycles. The van der Waals surface area contributed by atoms with E-state index in [-0.39, 0.29) is 6.03 Å². The molecule has 4 nitrogen and oxygen atoms in total. The number of methoxy groups -OCH3 is 1. The lowest BCUT2D eigenvalue weighted by atomic mass is 10.1. The van der Waals surface area contributed by atoms with Gasteiger partial charge < -0.3 is 15.4 Å². The second kappa shape index (κ2) is 7.62. The molecule has 2 amide bonds. The van der Waals surface area contributed by atoms with Gasteiger partial charge in [0.2, 0.25) is 0 Å². The first-order valence-corrected chi connectivity index (χ1v) is 7.85. The molecule has 0 aliphatic carbocycles. The van der Waals surface area contributed by atoms with Crippen molar-refractivity contribution in [2.24, 2.45) is 0 Å². The summed E-state index contributed by atoms with van der Waals surface area (Å²) < 4.78 is 5.18. The van der Waals surface area contributed by atoms with Crippen molar-refractivity contribution in [3.8, 4) is 0 Å². The van der Waals surface area contributed by atoms with Crippen molar-refractivity contribution in [1.29, 1.82) is 0 Å². The average molecular weight is 320 g/mol. The molecule has 0 aromatic heterocycles. The Hall–Kier alpha value is -2.85. The van der Waals surface area contributed by atoms with Gasteiger partial charge in [-0.25, -0.2) is 4.79 Å². The van der Waals surface area contributed by atoms with Gasteiger partial charge in [0, 0.05) is 19.3 Å². The summed E-state index contributed by atoms with van der Waals surface area (Å²) in [7, 11) is 1.66. The Morgan fingerprint density at radius 1 is 0.917 bits per heavy atom. The molecule has 0 saturated heterocycles. The van der Waals surface area contributed by atoms with Crippen molar-refractivity contribution >= 4 is 22.5 Å². The highest BCUT2D eigenvalue weighted by Crippen LogP contribution is 2.18. The topological polar surface area (TPSA) is 50.4 Å². The van der Waals surface area contributed by atoms with E-state index in [1.165, 1.54) is 0 Å². The molecule has 0 radical (unpaired) electrons. The molecule has 0 heterocycles. The van der Waals surface area contributed by atoms with Crippen LogP contribution in [0.3, 0.4) is 0 Å². The number of rotatable bonds is 5. The predicted molar refractivity (Wildman–Crippen MR) is 97.0 cm³/mol. The van der Waals surface area contributed by atoms with Crippen molar-refractivity contribution in [3.05, 3.63) is 77.9 Å². The van der Waals surface area contributed by atoms with E-state index < -0.39 is 0 Å². The third kappa shape index (κ3) is 3.91. The number of carbonyl (C=O) groups is 1. The maximum absolute atomic E-state index is 12.1. The van der Waals surface area contributed by atoms with Crippen LogP contribution < -0.4 is 10.6 Å². The molecule has 0 bridgehead atoms. The zero-order valence-corrected chi connectivity index (χ0v) is 13.6. The van der Waals surface area contributed by atoms with Crippen molar-refractivity contribution in [3.63, 3.8) is 0 Å². The third-order valence-electron chi connectivity index (χ3n) is 3.86. The normalized spacial score (nSPS) is 10.5. The summed E-state index contributed by atoms with van der Waals surface area (Å²) in [5, 5.41) is 8.01. The number of anilines is 1. The molecule has 3 aromatic carbocycles. The molecule has 0 fully saturated rings. The summed E-state index contributed by atoms with van der Waals surface area (Å²) in [6.07, 6.45) is 0. The largest absolute Gasteiger partial charge is 0.380 e. The maximum Gasteiger partial charge on any atom is 0.319 e. The Morgan fingerprint density at radius 2 is 1.62 bits per heavy atom. The van der Waals surface area contributed by atoms with Crippen LogP contribution in [0.15, 0.2) is 66.7 Å². The van der Waals surface area contributed by atoms with Crippen LogP contribution in [0.25, 0.3) is 10.8 Å². The van der Waals surface area contributed by atoms with E-state index in [1.54, 1.807) is 7.11 Å². The average Bonchev–Trinajstić information content (AvgIpc) is 2.61. The maximum atomic E-state index is 12.1. The lowest BCUT2D eigenvalue weighted by Gasteiger charge is -2.11. The minimum absolute atomic E-state index is 0.225. The molecule has 0 saturated carbocycles. The van der Waals surface area contributed by atoms with Crippen LogP contribution in [-0.2, 0) is 17.9 Å². The van der Waals surface area contributed by atoms with E-state index >= 15 is 0 Å². The SMILES string of the molecule is COCc1ccccc1CNC(=O)Nc1ccc2ccccc2c1. The van der Waals surface area contributed by atoms with Crippen molar-refractivity contribution in [2.45, 2.75) is 13.2 Å². The lowest BCUT2D eigenvalue weighted by molar-refractivity contribution is 0.184. The summed E-state index contributed by atoms with van der Waals surface area (Å²) in [5.41, 5.74) is 2.90. The smallest absolute Gasteiger partial charge is 0.319 e. The number of carbonyl (C=O) groups excluding carboxylic acids is 1. The van der Waals surface area contributed by atoms with Gasteiger partial charge >= 0.3 is 6.03 Å². The van der Waals surface area contributed by atoms with Gasteiger partial charge in [-0.1, -0.05) is 54.6 Å². The molecule has 0 aliphatic rings. The highest BCUT2D eigenvalue weighted by Gasteiger charge is 2.05. The number of urea groups is 1. The summed E-state index contributed by atoms with van der Waals surface area (Å²) in [5.74, 6) is 0. The first-order chi connectivity index (χ1) is 11.8. The molecule has 122 valence electrons. The van der Waals surface area contributed by atoms with Crippen molar-refractivity contribution < 1.29 is 9.53 Å². The molecule has 4 heteroatoms. The first-order valence-electron chi connectivity index (χ1n) is 7.85. The Morgan fingerprint density at radius 3 is 2.42 bits per heavy atom. The molecule has 24 heavy (non-hydrogen) atoms.